The summed E-state index contributed by atoms with van der Waals surface area (Å²) in [5.74, 6) is -0.0242. The SMILES string of the molecule is CC(=O)NC(CC(=O)Oc1c(C)ccc(C)c1C)c1ccc(Cl)cc1. The average Bonchev–Trinajstić information content (AvgIpc) is 2.55. The fourth-order valence-electron chi connectivity index (χ4n) is 2.60. The molecule has 0 aliphatic rings. The van der Waals surface area contributed by atoms with Crippen molar-refractivity contribution in [3.8, 4) is 5.75 Å². The smallest absolute Gasteiger partial charge is 0.313 e. The molecule has 0 saturated carbocycles. The molecule has 0 heterocycles. The molecule has 132 valence electrons. The molecule has 2 rings (SSSR count). The Bertz CT molecular complexity index is 784. The normalized spacial score (nSPS) is 11.7. The molecule has 0 radical (unpaired) electrons. The standard InChI is InChI=1S/C20H22ClNO3/c1-12-5-6-13(2)20(14(12)3)25-19(24)11-18(22-15(4)23)16-7-9-17(21)10-8-16/h5-10,18H,11H2,1-4H3,(H,22,23). The van der Waals surface area contributed by atoms with E-state index in [4.69, 9.17) is 16.3 Å². The van der Waals surface area contributed by atoms with Gasteiger partial charge in [-0.1, -0.05) is 35.9 Å². The van der Waals surface area contributed by atoms with Crippen LogP contribution < -0.4 is 10.1 Å². The van der Waals surface area contributed by atoms with Gasteiger partial charge in [-0.25, -0.2) is 0 Å². The molecule has 0 fully saturated rings. The quantitative estimate of drug-likeness (QED) is 0.634. The molecule has 0 saturated heterocycles. The van der Waals surface area contributed by atoms with Crippen molar-refractivity contribution >= 4 is 23.5 Å². The van der Waals surface area contributed by atoms with E-state index in [2.05, 4.69) is 5.32 Å². The van der Waals surface area contributed by atoms with Crippen molar-refractivity contribution < 1.29 is 14.3 Å². The number of aryl methyl sites for hydroxylation is 2. The summed E-state index contributed by atoms with van der Waals surface area (Å²) in [6.45, 7) is 7.22. The minimum atomic E-state index is -0.465. The minimum absolute atomic E-state index is 0.0357. The molecule has 0 aromatic heterocycles. The third kappa shape index (κ3) is 5.07. The number of carbonyl (C=O) groups excluding carboxylic acids is 2. The monoisotopic (exact) mass is 359 g/mol. The maximum atomic E-state index is 12.5. The van der Waals surface area contributed by atoms with Gasteiger partial charge >= 0.3 is 5.97 Å². The largest absolute Gasteiger partial charge is 0.426 e. The van der Waals surface area contributed by atoms with E-state index < -0.39 is 12.0 Å². The first-order valence-electron chi connectivity index (χ1n) is 8.08. The molecular weight excluding hydrogens is 338 g/mol. The van der Waals surface area contributed by atoms with E-state index in [1.54, 1.807) is 24.3 Å². The van der Waals surface area contributed by atoms with E-state index in [0.717, 1.165) is 22.3 Å². The Morgan fingerprint density at radius 3 is 2.24 bits per heavy atom. The number of nitrogens with one attached hydrogen (secondary N) is 1. The van der Waals surface area contributed by atoms with Gasteiger partial charge in [0.2, 0.25) is 5.91 Å². The summed E-state index contributed by atoms with van der Waals surface area (Å²) < 4.78 is 5.60. The number of amides is 1. The van der Waals surface area contributed by atoms with Crippen molar-refractivity contribution in [3.05, 3.63) is 63.7 Å². The number of ether oxygens (including phenoxy) is 1. The summed E-state index contributed by atoms with van der Waals surface area (Å²) in [7, 11) is 0. The van der Waals surface area contributed by atoms with Gasteiger partial charge in [0, 0.05) is 11.9 Å². The minimum Gasteiger partial charge on any atom is -0.426 e. The molecule has 0 aliphatic carbocycles. The second kappa shape index (κ2) is 8.17. The van der Waals surface area contributed by atoms with Crippen LogP contribution in [0.4, 0.5) is 0 Å². The molecule has 1 atom stereocenters. The molecule has 2 aromatic rings. The molecule has 1 unspecified atom stereocenters. The first kappa shape index (κ1) is 19.0. The number of carbonyl (C=O) groups is 2. The first-order valence-corrected chi connectivity index (χ1v) is 8.45. The molecule has 5 heteroatoms. The third-order valence-electron chi connectivity index (χ3n) is 4.11. The lowest BCUT2D eigenvalue weighted by atomic mass is 10.0. The van der Waals surface area contributed by atoms with Crippen molar-refractivity contribution in [2.75, 3.05) is 0 Å². The van der Waals surface area contributed by atoms with E-state index in [9.17, 15) is 9.59 Å². The summed E-state index contributed by atoms with van der Waals surface area (Å²) >= 11 is 5.91. The number of rotatable bonds is 5. The molecule has 0 bridgehead atoms. The van der Waals surface area contributed by atoms with Gasteiger partial charge in [-0.15, -0.1) is 0 Å². The molecule has 1 amide bonds. The number of benzene rings is 2. The van der Waals surface area contributed by atoms with Crippen LogP contribution in [0.3, 0.4) is 0 Å². The van der Waals surface area contributed by atoms with E-state index in [1.165, 1.54) is 6.92 Å². The maximum Gasteiger partial charge on any atom is 0.313 e. The van der Waals surface area contributed by atoms with Crippen LogP contribution in [0.5, 0.6) is 5.75 Å². The van der Waals surface area contributed by atoms with Gasteiger partial charge in [-0.3, -0.25) is 9.59 Å². The maximum absolute atomic E-state index is 12.5. The summed E-state index contributed by atoms with van der Waals surface area (Å²) in [5, 5.41) is 3.39. The summed E-state index contributed by atoms with van der Waals surface area (Å²) in [6, 6.07) is 10.5. The molecule has 0 spiro atoms. The van der Waals surface area contributed by atoms with Gasteiger partial charge in [-0.2, -0.15) is 0 Å². The van der Waals surface area contributed by atoms with Crippen molar-refractivity contribution in [1.82, 2.24) is 5.32 Å². The second-order valence-corrected chi connectivity index (χ2v) is 6.57. The molecule has 25 heavy (non-hydrogen) atoms. The summed E-state index contributed by atoms with van der Waals surface area (Å²) in [5.41, 5.74) is 3.70. The Kier molecular flexibility index (Phi) is 6.21. The highest BCUT2D eigenvalue weighted by Gasteiger charge is 2.20. The fourth-order valence-corrected chi connectivity index (χ4v) is 2.72. The van der Waals surface area contributed by atoms with Crippen LogP contribution in [0.1, 0.15) is 41.6 Å². The third-order valence-corrected chi connectivity index (χ3v) is 4.36. The highest BCUT2D eigenvalue weighted by atomic mass is 35.5. The second-order valence-electron chi connectivity index (χ2n) is 6.14. The highest BCUT2D eigenvalue weighted by molar-refractivity contribution is 6.30. The lowest BCUT2D eigenvalue weighted by molar-refractivity contribution is -0.135. The van der Waals surface area contributed by atoms with Gasteiger partial charge in [0.05, 0.1) is 12.5 Å². The van der Waals surface area contributed by atoms with E-state index >= 15 is 0 Å². The van der Waals surface area contributed by atoms with Gasteiger partial charge in [0.25, 0.3) is 0 Å². The lowest BCUT2D eigenvalue weighted by Crippen LogP contribution is -2.29. The zero-order chi connectivity index (χ0) is 18.6. The highest BCUT2D eigenvalue weighted by Crippen LogP contribution is 2.27. The predicted molar refractivity (Wildman–Crippen MR) is 98.9 cm³/mol. The van der Waals surface area contributed by atoms with Gasteiger partial charge < -0.3 is 10.1 Å². The van der Waals surface area contributed by atoms with Gasteiger partial charge in [0.1, 0.15) is 5.75 Å². The van der Waals surface area contributed by atoms with Crippen LogP contribution in [0.25, 0.3) is 0 Å². The van der Waals surface area contributed by atoms with Crippen LogP contribution in [-0.4, -0.2) is 11.9 Å². The molecule has 2 aromatic carbocycles. The number of hydrogen-bond acceptors (Lipinski definition) is 3. The van der Waals surface area contributed by atoms with E-state index in [-0.39, 0.29) is 12.3 Å². The molecule has 4 nitrogen and oxygen atoms in total. The Hall–Kier alpha value is -2.33. The summed E-state index contributed by atoms with van der Waals surface area (Å²) in [4.78, 5) is 24.0. The zero-order valence-electron chi connectivity index (χ0n) is 14.9. The fraction of sp³-hybridized carbons (Fsp3) is 0.300. The Labute approximate surface area is 153 Å². The predicted octanol–water partition coefficient (Wildman–Crippen LogP) is 4.44. The molecular formula is C20H22ClNO3. The number of esters is 1. The van der Waals surface area contributed by atoms with Crippen LogP contribution in [0.2, 0.25) is 5.02 Å². The van der Waals surface area contributed by atoms with Gasteiger partial charge in [-0.05, 0) is 55.2 Å². The van der Waals surface area contributed by atoms with Crippen LogP contribution >= 0.6 is 11.6 Å². The topological polar surface area (TPSA) is 55.4 Å². The Morgan fingerprint density at radius 2 is 1.64 bits per heavy atom. The number of hydrogen-bond donors (Lipinski definition) is 1. The average molecular weight is 360 g/mol. The van der Waals surface area contributed by atoms with E-state index in [0.29, 0.717) is 10.8 Å². The molecule has 1 N–H and O–H groups in total. The van der Waals surface area contributed by atoms with Crippen LogP contribution in [0.15, 0.2) is 36.4 Å². The number of halogens is 1. The van der Waals surface area contributed by atoms with E-state index in [1.807, 2.05) is 32.9 Å². The lowest BCUT2D eigenvalue weighted by Gasteiger charge is -2.19. The Balaban J connectivity index is 2.18. The first-order chi connectivity index (χ1) is 11.8. The summed E-state index contributed by atoms with van der Waals surface area (Å²) in [6.07, 6.45) is 0.0357. The van der Waals surface area contributed by atoms with Gasteiger partial charge in [0.15, 0.2) is 0 Å². The van der Waals surface area contributed by atoms with Crippen LogP contribution in [-0.2, 0) is 9.59 Å². The van der Waals surface area contributed by atoms with Crippen LogP contribution in [0, 0.1) is 20.8 Å². The van der Waals surface area contributed by atoms with Crippen molar-refractivity contribution in [3.63, 3.8) is 0 Å². The van der Waals surface area contributed by atoms with Crippen molar-refractivity contribution in [1.29, 1.82) is 0 Å². The van der Waals surface area contributed by atoms with Crippen molar-refractivity contribution in [2.45, 2.75) is 40.2 Å². The van der Waals surface area contributed by atoms with Crippen molar-refractivity contribution in [2.24, 2.45) is 0 Å². The Morgan fingerprint density at radius 1 is 1.04 bits per heavy atom. The molecule has 0 aliphatic heterocycles. The zero-order valence-corrected chi connectivity index (χ0v) is 15.6.